The first kappa shape index (κ1) is 14.6. The van der Waals surface area contributed by atoms with Crippen LogP contribution >= 0.6 is 11.8 Å². The Morgan fingerprint density at radius 2 is 2.32 bits per heavy atom. The number of fused-ring (bicyclic) bond motifs is 2. The fourth-order valence-electron chi connectivity index (χ4n) is 4.49. The summed E-state index contributed by atoms with van der Waals surface area (Å²) < 4.78 is 0. The maximum absolute atomic E-state index is 8.99. The minimum atomic E-state index is 0.297. The molecule has 1 fully saturated rings. The average Bonchev–Trinajstić information content (AvgIpc) is 2.94. The minimum Gasteiger partial charge on any atom is -0.396 e. The molecule has 2 N–H and O–H groups in total. The number of nitrogens with one attached hydrogen (secondary N) is 1. The molecule has 0 radical (unpaired) electrons. The van der Waals surface area contributed by atoms with Gasteiger partial charge in [0.1, 0.15) is 0 Å². The van der Waals surface area contributed by atoms with Crippen LogP contribution in [0.3, 0.4) is 0 Å². The molecule has 2 heterocycles. The van der Waals surface area contributed by atoms with Gasteiger partial charge in [-0.2, -0.15) is 11.8 Å². The van der Waals surface area contributed by atoms with E-state index < -0.39 is 0 Å². The largest absolute Gasteiger partial charge is 0.396 e. The summed E-state index contributed by atoms with van der Waals surface area (Å²) in [6.07, 6.45) is 4.67. The van der Waals surface area contributed by atoms with Crippen LogP contribution in [0.4, 0.5) is 0 Å². The molecule has 4 heteroatoms. The zero-order chi connectivity index (χ0) is 15.1. The number of aromatic amines is 1. The van der Waals surface area contributed by atoms with Gasteiger partial charge >= 0.3 is 0 Å². The smallest absolute Gasteiger partial charge is 0.0521 e. The quantitative estimate of drug-likeness (QED) is 0.852. The molecule has 4 rings (SSSR count). The summed E-state index contributed by atoms with van der Waals surface area (Å²) >= 11 is 1.90. The number of H-pyrrole nitrogens is 1. The summed E-state index contributed by atoms with van der Waals surface area (Å²) in [4.78, 5) is 6.02. The summed E-state index contributed by atoms with van der Waals surface area (Å²) in [5.41, 5.74) is 4.34. The van der Waals surface area contributed by atoms with Crippen LogP contribution in [0.2, 0.25) is 0 Å². The lowest BCUT2D eigenvalue weighted by atomic mass is 9.73. The number of aliphatic hydroxyl groups is 1. The van der Waals surface area contributed by atoms with Crippen molar-refractivity contribution in [1.82, 2.24) is 9.88 Å². The number of aromatic nitrogens is 1. The lowest BCUT2D eigenvalue weighted by Gasteiger charge is -2.45. The van der Waals surface area contributed by atoms with Gasteiger partial charge in [0.05, 0.1) is 6.61 Å². The number of hydrogen-bond acceptors (Lipinski definition) is 3. The van der Waals surface area contributed by atoms with Crippen LogP contribution < -0.4 is 0 Å². The van der Waals surface area contributed by atoms with Gasteiger partial charge in [-0.15, -0.1) is 0 Å². The highest BCUT2D eigenvalue weighted by atomic mass is 32.2. The second kappa shape index (κ2) is 5.91. The molecule has 1 unspecified atom stereocenters. The molecule has 0 bridgehead atoms. The lowest BCUT2D eigenvalue weighted by molar-refractivity contribution is 0.121. The highest BCUT2D eigenvalue weighted by molar-refractivity contribution is 7.99. The highest BCUT2D eigenvalue weighted by Gasteiger charge is 2.39. The van der Waals surface area contributed by atoms with Crippen LogP contribution in [0.5, 0.6) is 0 Å². The molecule has 1 aliphatic carbocycles. The van der Waals surface area contributed by atoms with Crippen molar-refractivity contribution in [2.45, 2.75) is 24.8 Å². The number of rotatable bonds is 4. The van der Waals surface area contributed by atoms with E-state index in [-0.39, 0.29) is 0 Å². The van der Waals surface area contributed by atoms with Crippen molar-refractivity contribution in [2.24, 2.45) is 5.92 Å². The number of hydrogen-bond donors (Lipinski definition) is 2. The van der Waals surface area contributed by atoms with E-state index in [4.69, 9.17) is 5.11 Å². The van der Waals surface area contributed by atoms with Crippen molar-refractivity contribution in [3.05, 3.63) is 35.5 Å². The third kappa shape index (κ3) is 2.38. The zero-order valence-corrected chi connectivity index (χ0v) is 13.9. The first-order chi connectivity index (χ1) is 10.8. The Kier molecular flexibility index (Phi) is 3.93. The van der Waals surface area contributed by atoms with Gasteiger partial charge in [0, 0.05) is 41.4 Å². The Hall–Kier alpha value is -0.970. The van der Waals surface area contributed by atoms with E-state index in [0.29, 0.717) is 18.6 Å². The van der Waals surface area contributed by atoms with Crippen LogP contribution in [0.1, 0.15) is 23.5 Å². The molecule has 2 aromatic rings. The Balaban J connectivity index is 1.63. The minimum absolute atomic E-state index is 0.297. The molecule has 0 spiro atoms. The molecule has 3 atom stereocenters. The Morgan fingerprint density at radius 1 is 1.41 bits per heavy atom. The van der Waals surface area contributed by atoms with Crippen LogP contribution in [0, 0.1) is 5.92 Å². The van der Waals surface area contributed by atoms with Crippen LogP contribution in [0.25, 0.3) is 10.9 Å². The van der Waals surface area contributed by atoms with Gasteiger partial charge < -0.3 is 15.0 Å². The van der Waals surface area contributed by atoms with Crippen molar-refractivity contribution >= 4 is 22.7 Å². The second-order valence-electron chi connectivity index (χ2n) is 6.80. The average molecular weight is 316 g/mol. The maximum Gasteiger partial charge on any atom is 0.0521 e. The zero-order valence-electron chi connectivity index (χ0n) is 13.1. The first-order valence-electron chi connectivity index (χ1n) is 8.25. The first-order valence-corrected chi connectivity index (χ1v) is 9.41. The monoisotopic (exact) mass is 316 g/mol. The maximum atomic E-state index is 8.99. The van der Waals surface area contributed by atoms with Crippen molar-refractivity contribution in [3.63, 3.8) is 0 Å². The van der Waals surface area contributed by atoms with E-state index in [9.17, 15) is 0 Å². The van der Waals surface area contributed by atoms with E-state index in [0.717, 1.165) is 11.7 Å². The Bertz CT molecular complexity index is 668. The molecule has 22 heavy (non-hydrogen) atoms. The van der Waals surface area contributed by atoms with E-state index in [2.05, 4.69) is 41.3 Å². The molecule has 118 valence electrons. The van der Waals surface area contributed by atoms with Gasteiger partial charge in [-0.3, -0.25) is 0 Å². The molecule has 1 aromatic heterocycles. The fraction of sp³-hybridized carbons (Fsp3) is 0.556. The SMILES string of the molecule is CN1C[C@H](CSCCO)CC2c3cccc4[nH]cc(c34)C[C@H]21. The molecule has 1 aliphatic heterocycles. The molecule has 1 saturated heterocycles. The third-order valence-corrected chi connectivity index (χ3v) is 6.58. The lowest BCUT2D eigenvalue weighted by Crippen LogP contribution is -2.48. The summed E-state index contributed by atoms with van der Waals surface area (Å²) in [6.45, 7) is 1.49. The van der Waals surface area contributed by atoms with E-state index in [1.165, 1.54) is 41.6 Å². The number of piperidine rings is 1. The summed E-state index contributed by atoms with van der Waals surface area (Å²) in [7, 11) is 2.29. The topological polar surface area (TPSA) is 39.3 Å². The predicted molar refractivity (Wildman–Crippen MR) is 93.7 cm³/mol. The fourth-order valence-corrected chi connectivity index (χ4v) is 5.36. The summed E-state index contributed by atoms with van der Waals surface area (Å²) in [5, 5.41) is 10.5. The van der Waals surface area contributed by atoms with Crippen molar-refractivity contribution in [3.8, 4) is 0 Å². The molecule has 2 aliphatic rings. The number of benzene rings is 1. The van der Waals surface area contributed by atoms with Crippen LogP contribution in [0.15, 0.2) is 24.4 Å². The van der Waals surface area contributed by atoms with Crippen molar-refractivity contribution in [2.75, 3.05) is 31.7 Å². The number of thioether (sulfide) groups is 1. The van der Waals surface area contributed by atoms with Gasteiger partial charge in [-0.05, 0) is 48.8 Å². The molecule has 3 nitrogen and oxygen atoms in total. The number of nitrogens with zero attached hydrogens (tertiary/aromatic N) is 1. The van der Waals surface area contributed by atoms with E-state index >= 15 is 0 Å². The summed E-state index contributed by atoms with van der Waals surface area (Å²) in [6, 6.07) is 7.38. The summed E-state index contributed by atoms with van der Waals surface area (Å²) in [5.74, 6) is 3.43. The number of aliphatic hydroxyl groups excluding tert-OH is 1. The molecule has 1 aromatic carbocycles. The van der Waals surface area contributed by atoms with Crippen molar-refractivity contribution < 1.29 is 5.11 Å². The Labute approximate surface area is 136 Å². The van der Waals surface area contributed by atoms with Gasteiger partial charge in [0.2, 0.25) is 0 Å². The Morgan fingerprint density at radius 3 is 3.18 bits per heavy atom. The van der Waals surface area contributed by atoms with Crippen LogP contribution in [-0.4, -0.2) is 52.7 Å². The van der Waals surface area contributed by atoms with Crippen LogP contribution in [-0.2, 0) is 6.42 Å². The standard InChI is InChI=1S/C18H24N2OS/c1-20-10-12(11-22-6-5-21)7-15-14-3-2-4-16-18(14)13(9-19-16)8-17(15)20/h2-4,9,12,15,17,19,21H,5-8,10-11H2,1H3/t12-,15?,17-/m1/s1. The van der Waals surface area contributed by atoms with Gasteiger partial charge in [-0.25, -0.2) is 0 Å². The van der Waals surface area contributed by atoms with Gasteiger partial charge in [0.25, 0.3) is 0 Å². The predicted octanol–water partition coefficient (Wildman–Crippen LogP) is 2.85. The normalized spacial score (nSPS) is 28.0. The number of likely N-dealkylation sites (N-methyl/N-ethyl adjacent to an activating group) is 1. The van der Waals surface area contributed by atoms with E-state index in [1.807, 2.05) is 11.8 Å². The number of likely N-dealkylation sites (tertiary alicyclic amines) is 1. The van der Waals surface area contributed by atoms with E-state index in [1.54, 1.807) is 5.56 Å². The second-order valence-corrected chi connectivity index (χ2v) is 7.95. The van der Waals surface area contributed by atoms with Crippen molar-refractivity contribution in [1.29, 1.82) is 0 Å². The molecule has 0 saturated carbocycles. The third-order valence-electron chi connectivity index (χ3n) is 5.40. The van der Waals surface area contributed by atoms with Gasteiger partial charge in [0.15, 0.2) is 0 Å². The molecular weight excluding hydrogens is 292 g/mol. The highest BCUT2D eigenvalue weighted by Crippen LogP contribution is 2.44. The molecule has 0 amide bonds. The molecular formula is C18H24N2OS. The van der Waals surface area contributed by atoms with Gasteiger partial charge in [-0.1, -0.05) is 12.1 Å².